The van der Waals surface area contributed by atoms with Gasteiger partial charge in [0.05, 0.1) is 12.2 Å². The second kappa shape index (κ2) is 7.80. The molecule has 6 heteroatoms. The Balaban J connectivity index is 1.55. The molecule has 0 aromatic carbocycles. The predicted octanol–water partition coefficient (Wildman–Crippen LogP) is 2.51. The first kappa shape index (κ1) is 18.9. The highest BCUT2D eigenvalue weighted by molar-refractivity contribution is 5.81. The zero-order chi connectivity index (χ0) is 18.8. The molecule has 6 nitrogen and oxygen atoms in total. The van der Waals surface area contributed by atoms with E-state index >= 15 is 0 Å². The van der Waals surface area contributed by atoms with Gasteiger partial charge < -0.3 is 14.8 Å². The van der Waals surface area contributed by atoms with Crippen molar-refractivity contribution >= 4 is 11.8 Å². The number of rotatable bonds is 5. The van der Waals surface area contributed by atoms with Gasteiger partial charge in [0.1, 0.15) is 5.82 Å². The molecule has 0 saturated heterocycles. The van der Waals surface area contributed by atoms with Crippen molar-refractivity contribution in [2.24, 2.45) is 13.0 Å². The average Bonchev–Trinajstić information content (AvgIpc) is 3.22. The van der Waals surface area contributed by atoms with Crippen molar-refractivity contribution in [2.75, 3.05) is 6.54 Å². The first-order valence-electron chi connectivity index (χ1n) is 9.99. The molecule has 1 N–H and O–H groups in total. The van der Waals surface area contributed by atoms with E-state index in [0.29, 0.717) is 18.9 Å². The Labute approximate surface area is 156 Å². The number of aromatic nitrogens is 2. The first-order chi connectivity index (χ1) is 12.4. The quantitative estimate of drug-likeness (QED) is 0.877. The molecule has 144 valence electrons. The summed E-state index contributed by atoms with van der Waals surface area (Å²) in [5.41, 5.74) is 2.28. The van der Waals surface area contributed by atoms with Gasteiger partial charge in [-0.1, -0.05) is 26.7 Å². The van der Waals surface area contributed by atoms with E-state index in [1.807, 2.05) is 11.8 Å². The summed E-state index contributed by atoms with van der Waals surface area (Å²) in [7, 11) is 2.07. The number of carbonyl (C=O) groups is 2. The molecule has 0 radical (unpaired) electrons. The summed E-state index contributed by atoms with van der Waals surface area (Å²) in [6.45, 7) is 7.53. The third-order valence-electron chi connectivity index (χ3n) is 5.75. The van der Waals surface area contributed by atoms with E-state index in [9.17, 15) is 9.59 Å². The Hall–Kier alpha value is -1.85. The molecule has 0 spiro atoms. The van der Waals surface area contributed by atoms with E-state index in [1.165, 1.54) is 5.69 Å². The highest BCUT2D eigenvalue weighted by atomic mass is 16.2. The summed E-state index contributed by atoms with van der Waals surface area (Å²) in [4.78, 5) is 31.6. The zero-order valence-corrected chi connectivity index (χ0v) is 16.5. The van der Waals surface area contributed by atoms with Gasteiger partial charge in [-0.05, 0) is 19.8 Å². The summed E-state index contributed by atoms with van der Waals surface area (Å²) in [5.74, 6) is 1.83. The lowest BCUT2D eigenvalue weighted by molar-refractivity contribution is -0.133. The van der Waals surface area contributed by atoms with Gasteiger partial charge in [0.25, 0.3) is 0 Å². The summed E-state index contributed by atoms with van der Waals surface area (Å²) >= 11 is 0. The smallest absolute Gasteiger partial charge is 0.224 e. The van der Waals surface area contributed by atoms with Crippen LogP contribution >= 0.6 is 0 Å². The maximum Gasteiger partial charge on any atom is 0.224 e. The molecular formula is C20H32N4O2. The van der Waals surface area contributed by atoms with Crippen LogP contribution in [-0.2, 0) is 29.6 Å². The SMILES string of the molecule is CC(CC(=O)N1CCc2c(nc(C(C)C)n2C)C1)NC(=O)C1CCCC1. The van der Waals surface area contributed by atoms with Crippen molar-refractivity contribution in [3.05, 3.63) is 17.2 Å². The molecule has 1 aromatic heterocycles. The van der Waals surface area contributed by atoms with Crippen LogP contribution in [0.5, 0.6) is 0 Å². The number of imidazole rings is 1. The van der Waals surface area contributed by atoms with Crippen molar-refractivity contribution in [3.63, 3.8) is 0 Å². The van der Waals surface area contributed by atoms with E-state index in [2.05, 4.69) is 30.8 Å². The minimum Gasteiger partial charge on any atom is -0.353 e. The van der Waals surface area contributed by atoms with Crippen LogP contribution in [0.1, 0.15) is 76.0 Å². The van der Waals surface area contributed by atoms with Crippen molar-refractivity contribution < 1.29 is 9.59 Å². The van der Waals surface area contributed by atoms with Crippen molar-refractivity contribution in [1.29, 1.82) is 0 Å². The molecule has 26 heavy (non-hydrogen) atoms. The summed E-state index contributed by atoms with van der Waals surface area (Å²) in [6.07, 6.45) is 5.46. The number of hydrogen-bond donors (Lipinski definition) is 1. The van der Waals surface area contributed by atoms with Crippen molar-refractivity contribution in [3.8, 4) is 0 Å². The predicted molar refractivity (Wildman–Crippen MR) is 101 cm³/mol. The Morgan fingerprint density at radius 1 is 1.23 bits per heavy atom. The van der Waals surface area contributed by atoms with E-state index in [4.69, 9.17) is 4.98 Å². The molecule has 0 bridgehead atoms. The Morgan fingerprint density at radius 2 is 1.92 bits per heavy atom. The Kier molecular flexibility index (Phi) is 5.68. The van der Waals surface area contributed by atoms with Crippen LogP contribution in [0, 0.1) is 5.92 Å². The van der Waals surface area contributed by atoms with Crippen molar-refractivity contribution in [1.82, 2.24) is 19.8 Å². The van der Waals surface area contributed by atoms with Gasteiger partial charge in [-0.15, -0.1) is 0 Å². The fraction of sp³-hybridized carbons (Fsp3) is 0.750. The molecule has 2 heterocycles. The molecule has 3 rings (SSSR count). The fourth-order valence-electron chi connectivity index (χ4n) is 4.27. The normalized spacial score (nSPS) is 18.9. The number of nitrogens with one attached hydrogen (secondary N) is 1. The topological polar surface area (TPSA) is 67.2 Å². The van der Waals surface area contributed by atoms with Gasteiger partial charge in [-0.3, -0.25) is 9.59 Å². The molecule has 1 saturated carbocycles. The number of fused-ring (bicyclic) bond motifs is 1. The Morgan fingerprint density at radius 3 is 2.58 bits per heavy atom. The Bertz CT molecular complexity index is 674. The van der Waals surface area contributed by atoms with E-state index < -0.39 is 0 Å². The van der Waals surface area contributed by atoms with Gasteiger partial charge in [0.15, 0.2) is 0 Å². The van der Waals surface area contributed by atoms with Crippen LogP contribution in [-0.4, -0.2) is 38.9 Å². The molecule has 2 amide bonds. The monoisotopic (exact) mass is 360 g/mol. The number of hydrogen-bond acceptors (Lipinski definition) is 3. The fourth-order valence-corrected chi connectivity index (χ4v) is 4.27. The van der Waals surface area contributed by atoms with Crippen LogP contribution in [0.15, 0.2) is 0 Å². The van der Waals surface area contributed by atoms with E-state index in [-0.39, 0.29) is 23.8 Å². The third kappa shape index (κ3) is 3.94. The molecule has 1 aliphatic carbocycles. The van der Waals surface area contributed by atoms with Gasteiger partial charge >= 0.3 is 0 Å². The van der Waals surface area contributed by atoms with E-state index in [1.54, 1.807) is 0 Å². The minimum absolute atomic E-state index is 0.103. The molecule has 1 aromatic rings. The minimum atomic E-state index is -0.119. The standard InChI is InChI=1S/C20H32N4O2/c1-13(2)19-22-16-12-24(10-9-17(16)23(19)4)18(25)11-14(3)21-20(26)15-7-5-6-8-15/h13-15H,5-12H2,1-4H3,(H,21,26). The van der Waals surface area contributed by atoms with Crippen LogP contribution < -0.4 is 5.32 Å². The molecule has 1 unspecified atom stereocenters. The summed E-state index contributed by atoms with van der Waals surface area (Å²) in [5, 5.41) is 3.03. The van der Waals surface area contributed by atoms with Crippen LogP contribution in [0.2, 0.25) is 0 Å². The number of amides is 2. The second-order valence-electron chi connectivity index (χ2n) is 8.24. The lowest BCUT2D eigenvalue weighted by Crippen LogP contribution is -2.42. The van der Waals surface area contributed by atoms with Gasteiger partial charge in [0, 0.05) is 50.0 Å². The average molecular weight is 361 g/mol. The number of nitrogens with zero attached hydrogens (tertiary/aromatic N) is 3. The van der Waals surface area contributed by atoms with Gasteiger partial charge in [0.2, 0.25) is 11.8 Å². The molecule has 1 aliphatic heterocycles. The van der Waals surface area contributed by atoms with Crippen LogP contribution in [0.25, 0.3) is 0 Å². The van der Waals surface area contributed by atoms with Crippen LogP contribution in [0.3, 0.4) is 0 Å². The summed E-state index contributed by atoms with van der Waals surface area (Å²) < 4.78 is 2.19. The third-order valence-corrected chi connectivity index (χ3v) is 5.75. The van der Waals surface area contributed by atoms with Crippen molar-refractivity contribution in [2.45, 2.75) is 77.8 Å². The maximum absolute atomic E-state index is 12.7. The molecule has 1 atom stereocenters. The van der Waals surface area contributed by atoms with Gasteiger partial charge in [-0.2, -0.15) is 0 Å². The molecule has 1 fully saturated rings. The van der Waals surface area contributed by atoms with E-state index in [0.717, 1.165) is 50.2 Å². The summed E-state index contributed by atoms with van der Waals surface area (Å²) in [6, 6.07) is -0.119. The van der Waals surface area contributed by atoms with Crippen LogP contribution in [0.4, 0.5) is 0 Å². The molecular weight excluding hydrogens is 328 g/mol. The largest absolute Gasteiger partial charge is 0.353 e. The van der Waals surface area contributed by atoms with Gasteiger partial charge in [-0.25, -0.2) is 4.98 Å². The zero-order valence-electron chi connectivity index (χ0n) is 16.5. The number of carbonyl (C=O) groups excluding carboxylic acids is 2. The lowest BCUT2D eigenvalue weighted by atomic mass is 10.1. The highest BCUT2D eigenvalue weighted by Gasteiger charge is 2.28. The highest BCUT2D eigenvalue weighted by Crippen LogP contribution is 2.25. The maximum atomic E-state index is 12.7. The first-order valence-corrected chi connectivity index (χ1v) is 9.99. The second-order valence-corrected chi connectivity index (χ2v) is 8.24. The lowest BCUT2D eigenvalue weighted by Gasteiger charge is -2.28. The molecule has 2 aliphatic rings.